The maximum absolute atomic E-state index is 4.25. The van der Waals surface area contributed by atoms with Crippen molar-refractivity contribution in [1.29, 1.82) is 0 Å². The first-order valence-electron chi connectivity index (χ1n) is 4.25. The third-order valence-corrected chi connectivity index (χ3v) is 1.89. The van der Waals surface area contributed by atoms with E-state index >= 15 is 0 Å². The molecule has 0 aliphatic heterocycles. The van der Waals surface area contributed by atoms with Crippen LogP contribution in [-0.4, -0.2) is 9.55 Å². The van der Waals surface area contributed by atoms with Crippen molar-refractivity contribution in [2.24, 2.45) is 7.05 Å². The molecule has 0 amide bonds. The highest BCUT2D eigenvalue weighted by Gasteiger charge is 2.00. The van der Waals surface area contributed by atoms with Crippen molar-refractivity contribution in [2.75, 3.05) is 0 Å². The number of hydrogen-bond donors (Lipinski definition) is 0. The zero-order chi connectivity index (χ0) is 9.10. The van der Waals surface area contributed by atoms with E-state index < -0.39 is 0 Å². The van der Waals surface area contributed by atoms with Crippen LogP contribution in [0.4, 0.5) is 0 Å². The Morgan fingerprint density at radius 2 is 2.38 bits per heavy atom. The van der Waals surface area contributed by atoms with Crippen molar-refractivity contribution in [3.05, 3.63) is 48.8 Å². The highest BCUT2D eigenvalue weighted by atomic mass is 15.1. The minimum Gasteiger partial charge on any atom is -0.257 e. The second-order valence-corrected chi connectivity index (χ2v) is 3.07. The number of aromatic nitrogens is 3. The minimum atomic E-state index is 0.835. The Hall–Kier alpha value is -1.64. The highest BCUT2D eigenvalue weighted by molar-refractivity contribution is 5.03. The van der Waals surface area contributed by atoms with E-state index in [2.05, 4.69) is 9.55 Å². The predicted molar refractivity (Wildman–Crippen MR) is 48.9 cm³/mol. The Labute approximate surface area is 77.3 Å². The Bertz CT molecular complexity index is 378. The molecule has 0 unspecified atom stereocenters. The molecule has 2 rings (SSSR count). The molecule has 0 aliphatic rings. The average Bonchev–Trinajstić information content (AvgIpc) is 2.53. The lowest BCUT2D eigenvalue weighted by Gasteiger charge is -1.94. The number of pyridine rings is 1. The molecule has 3 heteroatoms. The standard InChI is InChI=1S/C10H12N3/c1-12-6-7-13(9-12)8-10-4-2-3-5-11-10/h2-7,9H,8H2,1H3/q+1. The molecular weight excluding hydrogens is 162 g/mol. The Morgan fingerprint density at radius 1 is 1.46 bits per heavy atom. The summed E-state index contributed by atoms with van der Waals surface area (Å²) in [6.07, 6.45) is 7.91. The van der Waals surface area contributed by atoms with Gasteiger partial charge in [-0.3, -0.25) is 4.98 Å². The van der Waals surface area contributed by atoms with Gasteiger partial charge in [-0.05, 0) is 12.1 Å². The molecule has 2 aromatic rings. The third kappa shape index (κ3) is 1.93. The van der Waals surface area contributed by atoms with Gasteiger partial charge in [-0.25, -0.2) is 9.13 Å². The minimum absolute atomic E-state index is 0.835. The lowest BCUT2D eigenvalue weighted by atomic mass is 10.3. The van der Waals surface area contributed by atoms with Crippen molar-refractivity contribution in [3.8, 4) is 0 Å². The first-order valence-corrected chi connectivity index (χ1v) is 4.25. The molecule has 0 saturated carbocycles. The van der Waals surface area contributed by atoms with E-state index in [1.807, 2.05) is 54.7 Å². The summed E-state index contributed by atoms with van der Waals surface area (Å²) >= 11 is 0. The summed E-state index contributed by atoms with van der Waals surface area (Å²) in [5, 5.41) is 0. The average molecular weight is 174 g/mol. The van der Waals surface area contributed by atoms with Crippen molar-refractivity contribution in [2.45, 2.75) is 6.54 Å². The number of hydrogen-bond acceptors (Lipinski definition) is 1. The molecule has 66 valence electrons. The van der Waals surface area contributed by atoms with Crippen LogP contribution in [0.3, 0.4) is 0 Å². The predicted octanol–water partition coefficient (Wildman–Crippen LogP) is 0.756. The van der Waals surface area contributed by atoms with Gasteiger partial charge >= 0.3 is 0 Å². The lowest BCUT2D eigenvalue weighted by molar-refractivity contribution is -0.671. The SMILES string of the molecule is C[n+]1ccn(Cc2ccccn2)c1. The topological polar surface area (TPSA) is 21.7 Å². The van der Waals surface area contributed by atoms with E-state index in [0.29, 0.717) is 0 Å². The van der Waals surface area contributed by atoms with Gasteiger partial charge in [0.1, 0.15) is 18.9 Å². The van der Waals surface area contributed by atoms with Gasteiger partial charge in [0.25, 0.3) is 0 Å². The van der Waals surface area contributed by atoms with Crippen molar-refractivity contribution in [3.63, 3.8) is 0 Å². The molecule has 0 aromatic carbocycles. The number of nitrogens with zero attached hydrogens (tertiary/aromatic N) is 3. The fraction of sp³-hybridized carbons (Fsp3) is 0.200. The molecular formula is C10H12N3+. The highest BCUT2D eigenvalue weighted by Crippen LogP contribution is 1.96. The summed E-state index contributed by atoms with van der Waals surface area (Å²) < 4.78 is 4.12. The molecule has 0 aliphatic carbocycles. The van der Waals surface area contributed by atoms with Crippen LogP contribution in [0.15, 0.2) is 43.1 Å². The number of rotatable bonds is 2. The van der Waals surface area contributed by atoms with Crippen LogP contribution >= 0.6 is 0 Å². The normalized spacial score (nSPS) is 10.2. The molecule has 0 atom stereocenters. The van der Waals surface area contributed by atoms with Gasteiger partial charge in [0.05, 0.1) is 12.7 Å². The number of aryl methyl sites for hydroxylation is 1. The number of imidazole rings is 1. The van der Waals surface area contributed by atoms with Gasteiger partial charge in [-0.15, -0.1) is 0 Å². The summed E-state index contributed by atoms with van der Waals surface area (Å²) in [6, 6.07) is 5.96. The van der Waals surface area contributed by atoms with Crippen LogP contribution < -0.4 is 4.57 Å². The Balaban J connectivity index is 2.15. The molecule has 0 N–H and O–H groups in total. The fourth-order valence-electron chi connectivity index (χ4n) is 1.27. The largest absolute Gasteiger partial charge is 0.257 e. The quantitative estimate of drug-likeness (QED) is 0.616. The monoisotopic (exact) mass is 174 g/mol. The van der Waals surface area contributed by atoms with Gasteiger partial charge in [0.15, 0.2) is 0 Å². The smallest absolute Gasteiger partial charge is 0.243 e. The van der Waals surface area contributed by atoms with Gasteiger partial charge in [-0.1, -0.05) is 6.07 Å². The van der Waals surface area contributed by atoms with Crippen molar-refractivity contribution in [1.82, 2.24) is 9.55 Å². The molecule has 0 fully saturated rings. The summed E-state index contributed by atoms with van der Waals surface area (Å²) in [5.41, 5.74) is 1.08. The van der Waals surface area contributed by atoms with Crippen LogP contribution in [0.5, 0.6) is 0 Å². The van der Waals surface area contributed by atoms with E-state index in [-0.39, 0.29) is 0 Å². The molecule has 0 bridgehead atoms. The zero-order valence-electron chi connectivity index (χ0n) is 7.59. The molecule has 13 heavy (non-hydrogen) atoms. The zero-order valence-corrected chi connectivity index (χ0v) is 7.59. The van der Waals surface area contributed by atoms with E-state index in [4.69, 9.17) is 0 Å². The Kier molecular flexibility index (Phi) is 2.08. The molecule has 0 spiro atoms. The van der Waals surface area contributed by atoms with E-state index in [9.17, 15) is 0 Å². The van der Waals surface area contributed by atoms with Crippen LogP contribution in [0, 0.1) is 0 Å². The van der Waals surface area contributed by atoms with Crippen molar-refractivity contribution >= 4 is 0 Å². The summed E-state index contributed by atoms with van der Waals surface area (Å²) in [7, 11) is 2.01. The van der Waals surface area contributed by atoms with Crippen LogP contribution in [0.25, 0.3) is 0 Å². The summed E-state index contributed by atoms with van der Waals surface area (Å²) in [4.78, 5) is 4.25. The molecule has 0 saturated heterocycles. The molecule has 2 aromatic heterocycles. The Morgan fingerprint density at radius 3 is 3.00 bits per heavy atom. The second kappa shape index (κ2) is 3.39. The third-order valence-electron chi connectivity index (χ3n) is 1.89. The first kappa shape index (κ1) is 7.98. The van der Waals surface area contributed by atoms with Crippen LogP contribution in [0.1, 0.15) is 5.69 Å². The fourth-order valence-corrected chi connectivity index (χ4v) is 1.27. The maximum atomic E-state index is 4.25. The van der Waals surface area contributed by atoms with Gasteiger partial charge < -0.3 is 0 Å². The van der Waals surface area contributed by atoms with E-state index in [1.165, 1.54) is 0 Å². The molecule has 0 radical (unpaired) electrons. The van der Waals surface area contributed by atoms with E-state index in [0.717, 1.165) is 12.2 Å². The summed E-state index contributed by atoms with van der Waals surface area (Å²) in [5.74, 6) is 0. The summed E-state index contributed by atoms with van der Waals surface area (Å²) in [6.45, 7) is 0.835. The van der Waals surface area contributed by atoms with Crippen LogP contribution in [-0.2, 0) is 13.6 Å². The van der Waals surface area contributed by atoms with Gasteiger partial charge in [0, 0.05) is 6.20 Å². The molecule has 2 heterocycles. The van der Waals surface area contributed by atoms with Gasteiger partial charge in [0.2, 0.25) is 6.33 Å². The van der Waals surface area contributed by atoms with Crippen LogP contribution in [0.2, 0.25) is 0 Å². The maximum Gasteiger partial charge on any atom is 0.243 e. The lowest BCUT2D eigenvalue weighted by Crippen LogP contribution is -2.23. The second-order valence-electron chi connectivity index (χ2n) is 3.07. The van der Waals surface area contributed by atoms with Gasteiger partial charge in [-0.2, -0.15) is 0 Å². The van der Waals surface area contributed by atoms with Crippen molar-refractivity contribution < 1.29 is 4.57 Å². The first-order chi connectivity index (χ1) is 6.34. The van der Waals surface area contributed by atoms with E-state index in [1.54, 1.807) is 0 Å². The molecule has 3 nitrogen and oxygen atoms in total.